The van der Waals surface area contributed by atoms with Crippen LogP contribution < -0.4 is 10.1 Å². The lowest BCUT2D eigenvalue weighted by Crippen LogP contribution is -1.97. The lowest BCUT2D eigenvalue weighted by Gasteiger charge is -2.08. The van der Waals surface area contributed by atoms with Gasteiger partial charge in [0, 0.05) is 31.1 Å². The molecular formula is C13H16N4O3. The summed E-state index contributed by atoms with van der Waals surface area (Å²) >= 11 is 0. The Morgan fingerprint density at radius 2 is 2.20 bits per heavy atom. The average Bonchev–Trinajstić information content (AvgIpc) is 2.68. The van der Waals surface area contributed by atoms with Crippen molar-refractivity contribution in [2.24, 2.45) is 7.05 Å². The maximum atomic E-state index is 10.9. The number of anilines is 2. The third-order valence-electron chi connectivity index (χ3n) is 2.71. The van der Waals surface area contributed by atoms with Gasteiger partial charge < -0.3 is 10.1 Å². The first-order valence-electron chi connectivity index (χ1n) is 6.19. The van der Waals surface area contributed by atoms with Crippen molar-refractivity contribution in [3.63, 3.8) is 0 Å². The molecule has 2 rings (SSSR count). The zero-order valence-corrected chi connectivity index (χ0v) is 11.6. The van der Waals surface area contributed by atoms with Crippen molar-refractivity contribution in [3.05, 3.63) is 40.2 Å². The zero-order chi connectivity index (χ0) is 14.7. The number of hydrogen-bond donors (Lipinski definition) is 1. The lowest BCUT2D eigenvalue weighted by molar-refractivity contribution is -0.384. The van der Waals surface area contributed by atoms with Crippen LogP contribution in [-0.4, -0.2) is 21.3 Å². The molecule has 1 aromatic carbocycles. The van der Waals surface area contributed by atoms with Gasteiger partial charge in [-0.1, -0.05) is 0 Å². The average molecular weight is 276 g/mol. The summed E-state index contributed by atoms with van der Waals surface area (Å²) in [5, 5.41) is 18.3. The summed E-state index contributed by atoms with van der Waals surface area (Å²) in [5.74, 6) is 0.464. The molecule has 0 radical (unpaired) electrons. The van der Waals surface area contributed by atoms with E-state index in [1.54, 1.807) is 10.7 Å². The van der Waals surface area contributed by atoms with Gasteiger partial charge in [-0.25, -0.2) is 0 Å². The molecule has 0 aliphatic carbocycles. The summed E-state index contributed by atoms with van der Waals surface area (Å²) < 4.78 is 7.02. The van der Waals surface area contributed by atoms with Gasteiger partial charge >= 0.3 is 0 Å². The Balaban J connectivity index is 2.35. The Bertz CT molecular complexity index is 637. The number of nitro benzene ring substituents is 1. The van der Waals surface area contributed by atoms with Crippen LogP contribution in [0.15, 0.2) is 24.4 Å². The summed E-state index contributed by atoms with van der Waals surface area (Å²) in [6, 6.07) is 4.60. The molecule has 1 N–H and O–H groups in total. The third kappa shape index (κ3) is 3.05. The van der Waals surface area contributed by atoms with Crippen molar-refractivity contribution in [1.82, 2.24) is 9.78 Å². The number of rotatable bonds is 5. The number of non-ortho nitro benzene ring substituents is 1. The summed E-state index contributed by atoms with van der Waals surface area (Å²) in [4.78, 5) is 10.5. The minimum Gasteiger partial charge on any atom is -0.494 e. The molecule has 20 heavy (non-hydrogen) atoms. The van der Waals surface area contributed by atoms with Gasteiger partial charge in [-0.3, -0.25) is 14.8 Å². The highest BCUT2D eigenvalue weighted by atomic mass is 16.6. The monoisotopic (exact) mass is 276 g/mol. The smallest absolute Gasteiger partial charge is 0.275 e. The predicted octanol–water partition coefficient (Wildman–Crippen LogP) is 2.78. The molecule has 7 nitrogen and oxygen atoms in total. The highest BCUT2D eigenvalue weighted by Gasteiger charge is 2.12. The second-order valence-corrected chi connectivity index (χ2v) is 4.33. The topological polar surface area (TPSA) is 82.2 Å². The molecule has 106 valence electrons. The first-order chi connectivity index (χ1) is 9.49. The Kier molecular flexibility index (Phi) is 3.88. The van der Waals surface area contributed by atoms with Gasteiger partial charge in [0.2, 0.25) is 0 Å². The number of hydrogen-bond acceptors (Lipinski definition) is 5. The van der Waals surface area contributed by atoms with E-state index in [1.807, 2.05) is 27.1 Å². The predicted molar refractivity (Wildman–Crippen MR) is 75.5 cm³/mol. The second-order valence-electron chi connectivity index (χ2n) is 4.33. The van der Waals surface area contributed by atoms with Crippen LogP contribution in [0.3, 0.4) is 0 Å². The van der Waals surface area contributed by atoms with E-state index in [0.717, 1.165) is 11.4 Å². The summed E-state index contributed by atoms with van der Waals surface area (Å²) in [5.41, 5.74) is 2.20. The number of aromatic nitrogens is 2. The van der Waals surface area contributed by atoms with Crippen molar-refractivity contribution >= 4 is 17.1 Å². The van der Waals surface area contributed by atoms with E-state index in [9.17, 15) is 10.1 Å². The minimum atomic E-state index is -0.441. The van der Waals surface area contributed by atoms with Crippen molar-refractivity contribution < 1.29 is 9.66 Å². The SMILES string of the molecule is CCOc1cc(Nc2cn(C)nc2C)cc([N+](=O)[O-])c1. The molecule has 7 heteroatoms. The summed E-state index contributed by atoms with van der Waals surface area (Å²) in [6.07, 6.45) is 1.81. The molecule has 0 atom stereocenters. The fourth-order valence-electron chi connectivity index (χ4n) is 1.89. The number of nitro groups is 1. The molecule has 1 aromatic heterocycles. The Hall–Kier alpha value is -2.57. The molecule has 1 heterocycles. The van der Waals surface area contributed by atoms with Crippen molar-refractivity contribution in [1.29, 1.82) is 0 Å². The minimum absolute atomic E-state index is 0.0139. The number of nitrogens with zero attached hydrogens (tertiary/aromatic N) is 3. The number of nitrogens with one attached hydrogen (secondary N) is 1. The molecule has 0 saturated carbocycles. The van der Waals surface area contributed by atoms with Crippen molar-refractivity contribution in [2.45, 2.75) is 13.8 Å². The molecule has 2 aromatic rings. The number of benzene rings is 1. The quantitative estimate of drug-likeness (QED) is 0.670. The van der Waals surface area contributed by atoms with Gasteiger partial charge in [0.15, 0.2) is 0 Å². The van der Waals surface area contributed by atoms with Gasteiger partial charge in [-0.05, 0) is 13.8 Å². The largest absolute Gasteiger partial charge is 0.494 e. The Labute approximate surface area is 116 Å². The van der Waals surface area contributed by atoms with Crippen LogP contribution in [-0.2, 0) is 7.05 Å². The number of ether oxygens (including phenoxy) is 1. The fraction of sp³-hybridized carbons (Fsp3) is 0.308. The van der Waals surface area contributed by atoms with Crippen LogP contribution in [0.4, 0.5) is 17.1 Å². The standard InChI is InChI=1S/C13H16N4O3/c1-4-20-12-6-10(5-11(7-12)17(18)19)14-13-8-16(3)15-9(13)2/h5-8,14H,4H2,1-3H3. The van der Waals surface area contributed by atoms with Crippen LogP contribution in [0, 0.1) is 17.0 Å². The molecule has 0 spiro atoms. The van der Waals surface area contributed by atoms with Gasteiger partial charge in [0.05, 0.1) is 29.0 Å². The maximum absolute atomic E-state index is 10.9. The van der Waals surface area contributed by atoms with E-state index in [-0.39, 0.29) is 5.69 Å². The molecular weight excluding hydrogens is 260 g/mol. The first kappa shape index (κ1) is 13.9. The maximum Gasteiger partial charge on any atom is 0.275 e. The fourth-order valence-corrected chi connectivity index (χ4v) is 1.89. The van der Waals surface area contributed by atoms with Crippen LogP contribution in [0.5, 0.6) is 5.75 Å². The zero-order valence-electron chi connectivity index (χ0n) is 11.6. The van der Waals surface area contributed by atoms with E-state index >= 15 is 0 Å². The highest BCUT2D eigenvalue weighted by molar-refractivity contribution is 5.65. The molecule has 0 aliphatic heterocycles. The molecule has 0 unspecified atom stereocenters. The van der Waals surface area contributed by atoms with Crippen LogP contribution in [0.2, 0.25) is 0 Å². The third-order valence-corrected chi connectivity index (χ3v) is 2.71. The number of aryl methyl sites for hydroxylation is 2. The highest BCUT2D eigenvalue weighted by Crippen LogP contribution is 2.28. The lowest BCUT2D eigenvalue weighted by atomic mass is 10.2. The molecule has 0 aliphatic rings. The summed E-state index contributed by atoms with van der Waals surface area (Å²) in [6.45, 7) is 4.15. The van der Waals surface area contributed by atoms with Crippen molar-refractivity contribution in [2.75, 3.05) is 11.9 Å². The van der Waals surface area contributed by atoms with Crippen LogP contribution in [0.1, 0.15) is 12.6 Å². The van der Waals surface area contributed by atoms with E-state index in [4.69, 9.17) is 4.74 Å². The van der Waals surface area contributed by atoms with Gasteiger partial charge in [0.1, 0.15) is 5.75 Å². The molecule has 0 saturated heterocycles. The summed E-state index contributed by atoms with van der Waals surface area (Å²) in [7, 11) is 1.82. The normalized spacial score (nSPS) is 10.3. The van der Waals surface area contributed by atoms with Crippen LogP contribution in [0.25, 0.3) is 0 Å². The Morgan fingerprint density at radius 1 is 1.45 bits per heavy atom. The van der Waals surface area contributed by atoms with Crippen molar-refractivity contribution in [3.8, 4) is 5.75 Å². The molecule has 0 fully saturated rings. The van der Waals surface area contributed by atoms with Crippen LogP contribution >= 0.6 is 0 Å². The van der Waals surface area contributed by atoms with E-state index in [2.05, 4.69) is 10.4 Å². The second kappa shape index (κ2) is 5.60. The first-order valence-corrected chi connectivity index (χ1v) is 6.19. The van der Waals surface area contributed by atoms with Gasteiger partial charge in [-0.2, -0.15) is 5.10 Å². The molecule has 0 amide bonds. The van der Waals surface area contributed by atoms with E-state index in [0.29, 0.717) is 18.0 Å². The Morgan fingerprint density at radius 3 is 2.75 bits per heavy atom. The van der Waals surface area contributed by atoms with Gasteiger partial charge in [0.25, 0.3) is 5.69 Å². The van der Waals surface area contributed by atoms with E-state index < -0.39 is 4.92 Å². The van der Waals surface area contributed by atoms with Gasteiger partial charge in [-0.15, -0.1) is 0 Å². The van der Waals surface area contributed by atoms with E-state index in [1.165, 1.54) is 12.1 Å². The molecule has 0 bridgehead atoms.